The van der Waals surface area contributed by atoms with Gasteiger partial charge in [0.1, 0.15) is 23.0 Å². The highest BCUT2D eigenvalue weighted by atomic mass is 35.5. The number of anilines is 1. The predicted octanol–water partition coefficient (Wildman–Crippen LogP) is 5.34. The van der Waals surface area contributed by atoms with Gasteiger partial charge in [0.25, 0.3) is 11.7 Å². The molecule has 34 heavy (non-hydrogen) atoms. The molecule has 1 aliphatic heterocycles. The van der Waals surface area contributed by atoms with E-state index < -0.39 is 23.5 Å². The molecule has 0 radical (unpaired) electrons. The van der Waals surface area contributed by atoms with E-state index in [1.807, 2.05) is 0 Å². The summed E-state index contributed by atoms with van der Waals surface area (Å²) in [5, 5.41) is 21.7. The lowest BCUT2D eigenvalue weighted by molar-refractivity contribution is -0.132. The van der Waals surface area contributed by atoms with Crippen LogP contribution in [0.25, 0.3) is 5.76 Å². The van der Waals surface area contributed by atoms with Gasteiger partial charge in [-0.05, 0) is 54.1 Å². The Balaban J connectivity index is 1.98. The number of rotatable bonds is 5. The van der Waals surface area contributed by atoms with E-state index in [1.165, 1.54) is 43.4 Å². The largest absolute Gasteiger partial charge is 0.507 e. The number of benzene rings is 3. The summed E-state index contributed by atoms with van der Waals surface area (Å²) in [6.07, 6.45) is 0. The van der Waals surface area contributed by atoms with E-state index in [1.54, 1.807) is 36.4 Å². The molecule has 4 rings (SSSR count). The molecule has 1 aliphatic rings. The number of phenolic OH excluding ortho intramolecular Hbond substituents is 1. The van der Waals surface area contributed by atoms with Crippen molar-refractivity contribution in [2.75, 3.05) is 19.1 Å². The van der Waals surface area contributed by atoms with Gasteiger partial charge in [0, 0.05) is 16.8 Å². The van der Waals surface area contributed by atoms with Crippen molar-refractivity contribution in [3.05, 3.63) is 87.4 Å². The highest BCUT2D eigenvalue weighted by molar-refractivity contribution is 6.51. The number of carbonyl (C=O) groups excluding carboxylic acids is 2. The number of Topliss-reactive ketones (excluding diaryl/α,β-unsaturated/α-hetero) is 1. The van der Waals surface area contributed by atoms with E-state index in [0.29, 0.717) is 22.0 Å². The number of ketones is 1. The third-order valence-corrected chi connectivity index (χ3v) is 6.06. The van der Waals surface area contributed by atoms with Crippen LogP contribution in [0.3, 0.4) is 0 Å². The highest BCUT2D eigenvalue weighted by Crippen LogP contribution is 2.44. The quantitative estimate of drug-likeness (QED) is 0.279. The Hall–Kier alpha value is -3.68. The van der Waals surface area contributed by atoms with Crippen molar-refractivity contribution in [2.24, 2.45) is 0 Å². The zero-order valence-electron chi connectivity index (χ0n) is 18.1. The average Bonchev–Trinajstić information content (AvgIpc) is 3.11. The number of aliphatic hydroxyl groups is 1. The summed E-state index contributed by atoms with van der Waals surface area (Å²) in [7, 11) is 2.90. The first kappa shape index (κ1) is 23.5. The van der Waals surface area contributed by atoms with Gasteiger partial charge in [-0.3, -0.25) is 14.5 Å². The summed E-state index contributed by atoms with van der Waals surface area (Å²) in [5.74, 6) is -1.59. The van der Waals surface area contributed by atoms with Crippen molar-refractivity contribution in [1.29, 1.82) is 0 Å². The number of halogens is 2. The molecule has 1 heterocycles. The Morgan fingerprint density at radius 1 is 0.941 bits per heavy atom. The molecule has 3 aromatic rings. The maximum absolute atomic E-state index is 13.2. The van der Waals surface area contributed by atoms with Crippen LogP contribution in [0.4, 0.5) is 5.69 Å². The van der Waals surface area contributed by atoms with Crippen LogP contribution in [0.5, 0.6) is 17.2 Å². The molecular formula is C25H19Cl2NO6. The smallest absolute Gasteiger partial charge is 0.300 e. The number of hydrogen-bond donors (Lipinski definition) is 2. The Morgan fingerprint density at radius 2 is 1.65 bits per heavy atom. The summed E-state index contributed by atoms with van der Waals surface area (Å²) < 4.78 is 10.6. The first-order valence-electron chi connectivity index (χ1n) is 10.0. The predicted molar refractivity (Wildman–Crippen MR) is 129 cm³/mol. The summed E-state index contributed by atoms with van der Waals surface area (Å²) >= 11 is 12.1. The SMILES string of the molecule is COc1ccc(/C(O)=C2/C(=O)C(=O)N(c3ccc(Cl)cc3)C2c2ccc(O)c(Cl)c2)c(OC)c1. The molecule has 1 saturated heterocycles. The maximum atomic E-state index is 13.2. The van der Waals surface area contributed by atoms with Crippen molar-refractivity contribution in [2.45, 2.75) is 6.04 Å². The topological polar surface area (TPSA) is 96.3 Å². The Morgan fingerprint density at radius 3 is 2.26 bits per heavy atom. The van der Waals surface area contributed by atoms with Crippen LogP contribution in [0, 0.1) is 0 Å². The first-order valence-corrected chi connectivity index (χ1v) is 10.8. The first-order chi connectivity index (χ1) is 16.3. The van der Waals surface area contributed by atoms with Crippen molar-refractivity contribution in [3.8, 4) is 17.2 Å². The normalized spacial score (nSPS) is 17.2. The lowest BCUT2D eigenvalue weighted by atomic mass is 9.94. The zero-order chi connectivity index (χ0) is 24.6. The molecule has 0 bridgehead atoms. The van der Waals surface area contributed by atoms with Gasteiger partial charge in [-0.15, -0.1) is 0 Å². The summed E-state index contributed by atoms with van der Waals surface area (Å²) in [6, 6.07) is 14.3. The third kappa shape index (κ3) is 4.04. The molecule has 9 heteroatoms. The number of ether oxygens (including phenoxy) is 2. The second kappa shape index (κ2) is 9.29. The summed E-state index contributed by atoms with van der Waals surface area (Å²) in [6.45, 7) is 0. The lowest BCUT2D eigenvalue weighted by Gasteiger charge is -2.26. The van der Waals surface area contributed by atoms with Crippen LogP contribution >= 0.6 is 23.2 Å². The van der Waals surface area contributed by atoms with Gasteiger partial charge < -0.3 is 19.7 Å². The minimum atomic E-state index is -1.04. The van der Waals surface area contributed by atoms with Gasteiger partial charge in [0.2, 0.25) is 0 Å². The number of methoxy groups -OCH3 is 2. The van der Waals surface area contributed by atoms with Crippen LogP contribution in [0.15, 0.2) is 66.2 Å². The van der Waals surface area contributed by atoms with Crippen LogP contribution in [-0.4, -0.2) is 36.1 Å². The molecule has 2 N–H and O–H groups in total. The van der Waals surface area contributed by atoms with Gasteiger partial charge >= 0.3 is 0 Å². The molecule has 3 aromatic carbocycles. The molecule has 1 fully saturated rings. The van der Waals surface area contributed by atoms with Gasteiger partial charge in [-0.25, -0.2) is 0 Å². The molecule has 1 atom stereocenters. The molecule has 0 saturated carbocycles. The number of hydrogen-bond acceptors (Lipinski definition) is 6. The van der Waals surface area contributed by atoms with Crippen LogP contribution in [-0.2, 0) is 9.59 Å². The summed E-state index contributed by atoms with van der Waals surface area (Å²) in [4.78, 5) is 27.7. The molecule has 0 aliphatic carbocycles. The monoisotopic (exact) mass is 499 g/mol. The second-order valence-electron chi connectivity index (χ2n) is 7.42. The van der Waals surface area contributed by atoms with Crippen molar-refractivity contribution >= 4 is 46.3 Å². The molecule has 174 valence electrons. The zero-order valence-corrected chi connectivity index (χ0v) is 19.6. The Kier molecular flexibility index (Phi) is 6.41. The average molecular weight is 500 g/mol. The van der Waals surface area contributed by atoms with E-state index in [9.17, 15) is 19.8 Å². The molecule has 0 aromatic heterocycles. The fraction of sp³-hybridized carbons (Fsp3) is 0.120. The van der Waals surface area contributed by atoms with E-state index in [0.717, 1.165) is 0 Å². The van der Waals surface area contributed by atoms with Crippen molar-refractivity contribution in [3.63, 3.8) is 0 Å². The maximum Gasteiger partial charge on any atom is 0.300 e. The van der Waals surface area contributed by atoms with Gasteiger partial charge in [0.15, 0.2) is 0 Å². The van der Waals surface area contributed by atoms with E-state index in [2.05, 4.69) is 0 Å². The van der Waals surface area contributed by atoms with E-state index in [-0.39, 0.29) is 27.7 Å². The van der Waals surface area contributed by atoms with E-state index in [4.69, 9.17) is 32.7 Å². The fourth-order valence-corrected chi connectivity index (χ4v) is 4.16. The molecular weight excluding hydrogens is 481 g/mol. The van der Waals surface area contributed by atoms with Crippen molar-refractivity contribution in [1.82, 2.24) is 0 Å². The fourth-order valence-electron chi connectivity index (χ4n) is 3.85. The number of carbonyl (C=O) groups is 2. The minimum absolute atomic E-state index is 0.0289. The lowest BCUT2D eigenvalue weighted by Crippen LogP contribution is -2.29. The Bertz CT molecular complexity index is 1320. The number of aliphatic hydroxyl groups excluding tert-OH is 1. The van der Waals surface area contributed by atoms with Crippen LogP contribution < -0.4 is 14.4 Å². The van der Waals surface area contributed by atoms with Gasteiger partial charge in [-0.1, -0.05) is 29.3 Å². The summed E-state index contributed by atoms with van der Waals surface area (Å²) in [5.41, 5.74) is 0.838. The molecule has 7 nitrogen and oxygen atoms in total. The number of amides is 1. The standard InChI is InChI=1S/C25H19Cl2NO6/c1-33-16-8-9-17(20(12-16)34-2)23(30)21-22(13-3-10-19(29)18(27)11-13)28(25(32)24(21)31)15-6-4-14(26)5-7-15/h3-12,22,29-30H,1-2H3/b23-21-. The second-order valence-corrected chi connectivity index (χ2v) is 8.27. The van der Waals surface area contributed by atoms with Gasteiger partial charge in [-0.2, -0.15) is 0 Å². The van der Waals surface area contributed by atoms with Gasteiger partial charge in [0.05, 0.1) is 36.4 Å². The van der Waals surface area contributed by atoms with Crippen LogP contribution in [0.2, 0.25) is 10.0 Å². The minimum Gasteiger partial charge on any atom is -0.507 e. The highest BCUT2D eigenvalue weighted by Gasteiger charge is 2.47. The number of nitrogens with zero attached hydrogens (tertiary/aromatic N) is 1. The van der Waals surface area contributed by atoms with Crippen molar-refractivity contribution < 1.29 is 29.3 Å². The third-order valence-electron chi connectivity index (χ3n) is 5.50. The molecule has 1 unspecified atom stereocenters. The number of aromatic hydroxyl groups is 1. The number of phenols is 1. The van der Waals surface area contributed by atoms with E-state index >= 15 is 0 Å². The molecule has 1 amide bonds. The van der Waals surface area contributed by atoms with Crippen LogP contribution in [0.1, 0.15) is 17.2 Å². The molecule has 0 spiro atoms. The Labute approximate surface area is 205 Å².